The number of nitrogens with zero attached hydrogens (tertiary/aromatic N) is 3. The fourth-order valence-corrected chi connectivity index (χ4v) is 6.74. The molecule has 0 aliphatic heterocycles. The molecule has 1 amide bonds. The summed E-state index contributed by atoms with van der Waals surface area (Å²) in [6.45, 7) is 5.54. The van der Waals surface area contributed by atoms with E-state index in [0.717, 1.165) is 37.5 Å². The fraction of sp³-hybridized carbons (Fsp3) is 0.310. The summed E-state index contributed by atoms with van der Waals surface area (Å²) in [4.78, 5) is 33.7. The molecule has 13 heteroatoms. The molecule has 1 fully saturated rings. The zero-order valence-corrected chi connectivity index (χ0v) is 24.9. The Morgan fingerprint density at radius 1 is 1.29 bits per heavy atom. The van der Waals surface area contributed by atoms with Crippen LogP contribution in [-0.2, 0) is 26.1 Å². The number of aliphatic imine (C=N–C) groups is 1. The molecule has 0 radical (unpaired) electrons. The van der Waals surface area contributed by atoms with Crippen molar-refractivity contribution in [2.24, 2.45) is 16.8 Å². The molecule has 10 nitrogen and oxygen atoms in total. The number of carbonyl (C=O) groups is 1. The molecule has 0 spiro atoms. The van der Waals surface area contributed by atoms with Crippen LogP contribution in [0.1, 0.15) is 31.7 Å². The molecule has 3 aromatic rings. The van der Waals surface area contributed by atoms with E-state index in [4.69, 9.17) is 16.3 Å². The third-order valence-electron chi connectivity index (χ3n) is 7.31. The molecule has 1 saturated carbocycles. The zero-order valence-electron chi connectivity index (χ0n) is 23.4. The normalized spacial score (nSPS) is 18.0. The van der Waals surface area contributed by atoms with Gasteiger partial charge in [0, 0.05) is 19.5 Å². The van der Waals surface area contributed by atoms with Gasteiger partial charge in [0.2, 0.25) is 11.8 Å². The van der Waals surface area contributed by atoms with E-state index >= 15 is 0 Å². The van der Waals surface area contributed by atoms with E-state index in [0.29, 0.717) is 28.6 Å². The Morgan fingerprint density at radius 2 is 2.05 bits per heavy atom. The van der Waals surface area contributed by atoms with Crippen molar-refractivity contribution >= 4 is 50.7 Å². The number of sulfonamides is 1. The molecule has 0 bridgehead atoms. The van der Waals surface area contributed by atoms with Gasteiger partial charge in [0.1, 0.15) is 16.4 Å². The molecule has 1 aliphatic rings. The van der Waals surface area contributed by atoms with Gasteiger partial charge in [0.25, 0.3) is 15.6 Å². The second-order valence-corrected chi connectivity index (χ2v) is 12.0. The lowest BCUT2D eigenvalue weighted by molar-refractivity contribution is -0.125. The van der Waals surface area contributed by atoms with Gasteiger partial charge in [-0.25, -0.2) is 22.8 Å². The second kappa shape index (κ2) is 12.9. The number of halogens is 2. The van der Waals surface area contributed by atoms with Crippen LogP contribution in [-0.4, -0.2) is 44.8 Å². The lowest BCUT2D eigenvalue weighted by atomic mass is 9.95. The van der Waals surface area contributed by atoms with Gasteiger partial charge in [-0.05, 0) is 79.9 Å². The van der Waals surface area contributed by atoms with Crippen LogP contribution in [0.2, 0.25) is 5.02 Å². The predicted octanol–water partition coefficient (Wildman–Crippen LogP) is 4.25. The summed E-state index contributed by atoms with van der Waals surface area (Å²) in [6, 6.07) is 8.05. The number of hydrogen-bond acceptors (Lipinski definition) is 7. The topological polar surface area (TPSA) is 132 Å². The summed E-state index contributed by atoms with van der Waals surface area (Å²) in [7, 11) is -1.37. The Kier molecular flexibility index (Phi) is 9.47. The molecule has 0 unspecified atom stereocenters. The van der Waals surface area contributed by atoms with Gasteiger partial charge in [0.05, 0.1) is 29.4 Å². The third-order valence-corrected chi connectivity index (χ3v) is 9.16. The first kappa shape index (κ1) is 30.9. The molecule has 1 aromatic heterocycles. The summed E-state index contributed by atoms with van der Waals surface area (Å²) in [5.74, 6) is -0.950. The summed E-state index contributed by atoms with van der Waals surface area (Å²) in [5, 5.41) is 2.78. The van der Waals surface area contributed by atoms with E-state index in [1.807, 2.05) is 0 Å². The van der Waals surface area contributed by atoms with Crippen molar-refractivity contribution < 1.29 is 22.3 Å². The van der Waals surface area contributed by atoms with Crippen molar-refractivity contribution in [3.05, 3.63) is 87.1 Å². The maximum atomic E-state index is 13.5. The number of amides is 1. The highest BCUT2D eigenvalue weighted by molar-refractivity contribution is 7.89. The fourth-order valence-electron chi connectivity index (χ4n) is 5.16. The van der Waals surface area contributed by atoms with Crippen molar-refractivity contribution in [1.82, 2.24) is 19.6 Å². The number of ether oxygens (including phenoxy) is 1. The SMILES string of the molecule is C=N/C(OC)=C(\C=C(/C)c1ccc2ncn(C[C@@H]3CCC[C@H]3C(=O)NC)c(=O)c2c1)NS(=O)(=O)c1ccc(F)cc1Cl. The molecule has 4 rings (SSSR count). The van der Waals surface area contributed by atoms with Crippen LogP contribution in [0.25, 0.3) is 16.5 Å². The van der Waals surface area contributed by atoms with E-state index in [-0.39, 0.29) is 44.8 Å². The Bertz CT molecular complexity index is 1770. The molecule has 2 aromatic carbocycles. The quantitative estimate of drug-likeness (QED) is 0.199. The Morgan fingerprint density at radius 3 is 2.71 bits per heavy atom. The van der Waals surface area contributed by atoms with E-state index in [2.05, 4.69) is 26.7 Å². The van der Waals surface area contributed by atoms with Gasteiger partial charge in [-0.3, -0.25) is 18.9 Å². The third kappa shape index (κ3) is 6.55. The second-order valence-electron chi connectivity index (χ2n) is 9.93. The van der Waals surface area contributed by atoms with E-state index in [1.165, 1.54) is 24.1 Å². The van der Waals surface area contributed by atoms with E-state index in [9.17, 15) is 22.4 Å². The molecule has 0 saturated heterocycles. The van der Waals surface area contributed by atoms with Crippen molar-refractivity contribution in [1.29, 1.82) is 0 Å². The first-order chi connectivity index (χ1) is 20.0. The number of rotatable bonds is 10. The van der Waals surface area contributed by atoms with Gasteiger partial charge in [0.15, 0.2) is 0 Å². The minimum Gasteiger partial charge on any atom is -0.480 e. The van der Waals surface area contributed by atoms with Crippen molar-refractivity contribution in [2.75, 3.05) is 14.2 Å². The number of allylic oxidation sites excluding steroid dienone is 2. The first-order valence-corrected chi connectivity index (χ1v) is 15.0. The largest absolute Gasteiger partial charge is 0.480 e. The molecule has 222 valence electrons. The molecular weight excluding hydrogens is 585 g/mol. The monoisotopic (exact) mass is 615 g/mol. The summed E-state index contributed by atoms with van der Waals surface area (Å²) < 4.78 is 48.9. The van der Waals surface area contributed by atoms with Gasteiger partial charge >= 0.3 is 0 Å². The first-order valence-electron chi connectivity index (χ1n) is 13.1. The van der Waals surface area contributed by atoms with Crippen molar-refractivity contribution in [3.63, 3.8) is 0 Å². The average Bonchev–Trinajstić information content (AvgIpc) is 3.42. The van der Waals surface area contributed by atoms with Crippen molar-refractivity contribution in [3.8, 4) is 0 Å². The van der Waals surface area contributed by atoms with Gasteiger partial charge in [-0.1, -0.05) is 24.1 Å². The number of benzene rings is 2. The smallest absolute Gasteiger partial charge is 0.263 e. The van der Waals surface area contributed by atoms with Gasteiger partial charge in [-0.2, -0.15) is 0 Å². The lowest BCUT2D eigenvalue weighted by Gasteiger charge is -2.19. The Labute approximate surface area is 248 Å². The summed E-state index contributed by atoms with van der Waals surface area (Å²) >= 11 is 6.00. The van der Waals surface area contributed by atoms with Crippen LogP contribution in [0, 0.1) is 17.7 Å². The number of nitrogens with one attached hydrogen (secondary N) is 2. The Hall–Kier alpha value is -4.03. The van der Waals surface area contributed by atoms with Crippen LogP contribution in [0.15, 0.2) is 75.1 Å². The molecular formula is C29H31ClFN5O5S. The Balaban J connectivity index is 1.70. The molecule has 1 aliphatic carbocycles. The van der Waals surface area contributed by atoms with Crippen LogP contribution in [0.4, 0.5) is 4.39 Å². The highest BCUT2D eigenvalue weighted by Crippen LogP contribution is 2.33. The average molecular weight is 616 g/mol. The number of carbonyl (C=O) groups excluding carboxylic acids is 1. The molecule has 42 heavy (non-hydrogen) atoms. The standard InChI is InChI=1S/C29H31ClFN5O5S/c1-17(12-25(28(33-3)41-4)35-42(39,40)26-11-9-20(31)14-23(26)30)18-8-10-24-22(13-18)29(38)36(16-34-24)15-19-6-5-7-21(19)27(37)32-2/h8-14,16,19,21,35H,3,5-7,15H2,1-2,4H3,(H,32,37)/b17-12+,28-25-/t19-,21+/m0/s1. The van der Waals surface area contributed by atoms with E-state index in [1.54, 1.807) is 32.2 Å². The van der Waals surface area contributed by atoms with Gasteiger partial charge < -0.3 is 10.1 Å². The summed E-state index contributed by atoms with van der Waals surface area (Å²) in [6.07, 6.45) is 5.53. The molecule has 2 N–H and O–H groups in total. The highest BCUT2D eigenvalue weighted by Gasteiger charge is 2.32. The number of aromatic nitrogens is 2. The molecule has 1 heterocycles. The van der Waals surface area contributed by atoms with Crippen LogP contribution >= 0.6 is 11.6 Å². The van der Waals surface area contributed by atoms with Crippen LogP contribution in [0.3, 0.4) is 0 Å². The van der Waals surface area contributed by atoms with E-state index < -0.39 is 15.8 Å². The maximum absolute atomic E-state index is 13.5. The summed E-state index contributed by atoms with van der Waals surface area (Å²) in [5.41, 5.74) is 1.36. The predicted molar refractivity (Wildman–Crippen MR) is 160 cm³/mol. The lowest BCUT2D eigenvalue weighted by Crippen LogP contribution is -2.33. The van der Waals surface area contributed by atoms with Crippen LogP contribution < -0.4 is 15.6 Å². The number of methoxy groups -OCH3 is 1. The van der Waals surface area contributed by atoms with Gasteiger partial charge in [-0.15, -0.1) is 0 Å². The van der Waals surface area contributed by atoms with Crippen molar-refractivity contribution in [2.45, 2.75) is 37.6 Å². The van der Waals surface area contributed by atoms with Crippen LogP contribution in [0.5, 0.6) is 0 Å². The number of fused-ring (bicyclic) bond motifs is 1. The minimum atomic E-state index is -4.28. The minimum absolute atomic E-state index is 0.0204. The highest BCUT2D eigenvalue weighted by atomic mass is 35.5. The maximum Gasteiger partial charge on any atom is 0.263 e. The number of hydrogen-bond donors (Lipinski definition) is 2. The zero-order chi connectivity index (χ0) is 30.6. The molecule has 2 atom stereocenters.